The Balaban J connectivity index is 1.43. The molecule has 2 heterocycles. The minimum atomic E-state index is -0.101. The monoisotopic (exact) mass is 409 g/mol. The number of Topliss-reactive ketones (excluding diaryl/α,β-unsaturated/α-hetero) is 1. The molecule has 4 aromatic rings. The van der Waals surface area contributed by atoms with Crippen molar-refractivity contribution in [3.05, 3.63) is 100 Å². The lowest BCUT2D eigenvalue weighted by atomic mass is 10.1. The molecule has 0 spiro atoms. The van der Waals surface area contributed by atoms with Gasteiger partial charge in [-0.15, -0.1) is 0 Å². The average molecular weight is 409 g/mol. The summed E-state index contributed by atoms with van der Waals surface area (Å²) in [6.45, 7) is 4.46. The van der Waals surface area contributed by atoms with E-state index in [9.17, 15) is 4.79 Å². The first-order chi connectivity index (χ1) is 15.0. The number of benzene rings is 3. The summed E-state index contributed by atoms with van der Waals surface area (Å²) in [6.07, 6.45) is 3.84. The summed E-state index contributed by atoms with van der Waals surface area (Å²) in [7, 11) is 2.00. The van der Waals surface area contributed by atoms with Crippen molar-refractivity contribution < 1.29 is 14.3 Å². The number of aromatic nitrogens is 1. The zero-order valence-electron chi connectivity index (χ0n) is 17.8. The molecule has 0 N–H and O–H groups in total. The van der Waals surface area contributed by atoms with Gasteiger partial charge in [-0.1, -0.05) is 48.0 Å². The number of ether oxygens (including phenoxy) is 2. The van der Waals surface area contributed by atoms with Crippen LogP contribution in [0.4, 0.5) is 0 Å². The van der Waals surface area contributed by atoms with Crippen LogP contribution in [0.2, 0.25) is 0 Å². The second-order valence-electron chi connectivity index (χ2n) is 7.99. The quantitative estimate of drug-likeness (QED) is 0.389. The highest BCUT2D eigenvalue weighted by atomic mass is 16.5. The summed E-state index contributed by atoms with van der Waals surface area (Å²) < 4.78 is 14.1. The zero-order valence-corrected chi connectivity index (χ0v) is 17.8. The van der Waals surface area contributed by atoms with Gasteiger partial charge in [-0.2, -0.15) is 0 Å². The predicted octanol–water partition coefficient (Wildman–Crippen LogP) is 5.99. The third kappa shape index (κ3) is 3.40. The van der Waals surface area contributed by atoms with E-state index in [1.54, 1.807) is 6.07 Å². The van der Waals surface area contributed by atoms with E-state index >= 15 is 0 Å². The molecule has 4 heteroatoms. The van der Waals surface area contributed by atoms with Crippen LogP contribution in [0.25, 0.3) is 17.0 Å². The van der Waals surface area contributed by atoms with Crippen molar-refractivity contribution in [2.75, 3.05) is 0 Å². The molecular weight excluding hydrogens is 386 g/mol. The first-order valence-electron chi connectivity index (χ1n) is 10.3. The van der Waals surface area contributed by atoms with Crippen molar-refractivity contribution >= 4 is 22.8 Å². The molecule has 0 atom stereocenters. The first-order valence-corrected chi connectivity index (χ1v) is 10.3. The Morgan fingerprint density at radius 2 is 1.77 bits per heavy atom. The maximum absolute atomic E-state index is 13.0. The fraction of sp³-hybridized carbons (Fsp3) is 0.148. The van der Waals surface area contributed by atoms with Crippen LogP contribution in [0.1, 0.15) is 32.6 Å². The minimum Gasteiger partial charge on any atom is -0.488 e. The summed E-state index contributed by atoms with van der Waals surface area (Å²) in [5, 5.41) is 1.09. The molecule has 0 radical (unpaired) electrons. The molecular formula is C27H23NO3. The smallest absolute Gasteiger partial charge is 0.231 e. The highest BCUT2D eigenvalue weighted by Crippen LogP contribution is 2.40. The zero-order chi connectivity index (χ0) is 21.5. The molecule has 0 amide bonds. The number of fused-ring (bicyclic) bond motifs is 2. The van der Waals surface area contributed by atoms with Crippen molar-refractivity contribution in [1.29, 1.82) is 0 Å². The molecule has 1 aliphatic heterocycles. The number of para-hydroxylation sites is 1. The predicted molar refractivity (Wildman–Crippen MR) is 123 cm³/mol. The summed E-state index contributed by atoms with van der Waals surface area (Å²) in [5.74, 6) is 1.54. The van der Waals surface area contributed by atoms with Gasteiger partial charge in [0.25, 0.3) is 0 Å². The van der Waals surface area contributed by atoms with Gasteiger partial charge in [0.2, 0.25) is 5.78 Å². The van der Waals surface area contributed by atoms with E-state index in [0.717, 1.165) is 33.3 Å². The molecule has 0 fully saturated rings. The normalized spacial score (nSPS) is 14.2. The molecule has 0 saturated heterocycles. The number of aryl methyl sites for hydroxylation is 2. The second kappa shape index (κ2) is 7.47. The number of ketones is 1. The Labute approximate surface area is 181 Å². The number of allylic oxidation sites excluding steroid dienone is 1. The highest BCUT2D eigenvalue weighted by molar-refractivity contribution is 6.15. The number of hydrogen-bond acceptors (Lipinski definition) is 3. The number of rotatable bonds is 4. The maximum atomic E-state index is 13.0. The molecule has 31 heavy (non-hydrogen) atoms. The fourth-order valence-electron chi connectivity index (χ4n) is 4.00. The highest BCUT2D eigenvalue weighted by Gasteiger charge is 2.30. The fourth-order valence-corrected chi connectivity index (χ4v) is 4.00. The molecule has 1 aromatic heterocycles. The van der Waals surface area contributed by atoms with Gasteiger partial charge in [-0.25, -0.2) is 0 Å². The van der Waals surface area contributed by atoms with Gasteiger partial charge in [0.1, 0.15) is 18.1 Å². The van der Waals surface area contributed by atoms with E-state index in [1.165, 1.54) is 5.56 Å². The standard InChI is InChI=1S/C27H23NO3/c1-17-8-10-19(11-9-17)16-30-24-13-12-22-26(29)25(31-27(22)18(24)2)14-20-15-28(3)23-7-5-4-6-21(20)23/h4-15H,16H2,1-3H3/b25-14-. The van der Waals surface area contributed by atoms with Crippen LogP contribution in [0.5, 0.6) is 11.5 Å². The molecule has 4 nitrogen and oxygen atoms in total. The summed E-state index contributed by atoms with van der Waals surface area (Å²) >= 11 is 0. The third-order valence-electron chi connectivity index (χ3n) is 5.77. The van der Waals surface area contributed by atoms with Gasteiger partial charge in [0.15, 0.2) is 5.76 Å². The van der Waals surface area contributed by atoms with Crippen LogP contribution in [0.3, 0.4) is 0 Å². The Kier molecular flexibility index (Phi) is 4.63. The summed E-state index contributed by atoms with van der Waals surface area (Å²) in [5.41, 5.74) is 5.79. The van der Waals surface area contributed by atoms with Crippen molar-refractivity contribution in [2.45, 2.75) is 20.5 Å². The Morgan fingerprint density at radius 1 is 1.00 bits per heavy atom. The second-order valence-corrected chi connectivity index (χ2v) is 7.99. The molecule has 0 aliphatic carbocycles. The van der Waals surface area contributed by atoms with Gasteiger partial charge < -0.3 is 14.0 Å². The molecule has 5 rings (SSSR count). The number of carbonyl (C=O) groups excluding carboxylic acids is 1. The van der Waals surface area contributed by atoms with Gasteiger partial charge in [0.05, 0.1) is 5.56 Å². The van der Waals surface area contributed by atoms with Crippen LogP contribution >= 0.6 is 0 Å². The van der Waals surface area contributed by atoms with Gasteiger partial charge >= 0.3 is 0 Å². The van der Waals surface area contributed by atoms with E-state index in [4.69, 9.17) is 9.47 Å². The minimum absolute atomic E-state index is 0.101. The van der Waals surface area contributed by atoms with Crippen LogP contribution in [-0.4, -0.2) is 10.4 Å². The van der Waals surface area contributed by atoms with Gasteiger partial charge in [-0.3, -0.25) is 4.79 Å². The van der Waals surface area contributed by atoms with Crippen molar-refractivity contribution in [3.8, 4) is 11.5 Å². The van der Waals surface area contributed by atoms with E-state index in [1.807, 2.05) is 44.4 Å². The van der Waals surface area contributed by atoms with Crippen LogP contribution < -0.4 is 9.47 Å². The van der Waals surface area contributed by atoms with E-state index in [-0.39, 0.29) is 5.78 Å². The lowest BCUT2D eigenvalue weighted by molar-refractivity contribution is 0.101. The molecule has 0 unspecified atom stereocenters. The maximum Gasteiger partial charge on any atom is 0.231 e. The van der Waals surface area contributed by atoms with E-state index in [2.05, 4.69) is 47.9 Å². The van der Waals surface area contributed by atoms with E-state index < -0.39 is 0 Å². The summed E-state index contributed by atoms with van der Waals surface area (Å²) in [6, 6.07) is 20.0. The van der Waals surface area contributed by atoms with E-state index in [0.29, 0.717) is 23.7 Å². The largest absolute Gasteiger partial charge is 0.488 e. The van der Waals surface area contributed by atoms with Crippen molar-refractivity contribution in [3.63, 3.8) is 0 Å². The van der Waals surface area contributed by atoms with Crippen molar-refractivity contribution in [2.24, 2.45) is 7.05 Å². The van der Waals surface area contributed by atoms with Crippen LogP contribution in [0.15, 0.2) is 72.6 Å². The first kappa shape index (κ1) is 19.2. The summed E-state index contributed by atoms with van der Waals surface area (Å²) in [4.78, 5) is 13.0. The molecule has 0 bridgehead atoms. The number of carbonyl (C=O) groups is 1. The Hall–Kier alpha value is -3.79. The Bertz CT molecular complexity index is 1340. The third-order valence-corrected chi connectivity index (χ3v) is 5.77. The number of nitrogens with zero attached hydrogens (tertiary/aromatic N) is 1. The van der Waals surface area contributed by atoms with Crippen LogP contribution in [-0.2, 0) is 13.7 Å². The van der Waals surface area contributed by atoms with Gasteiger partial charge in [-0.05, 0) is 43.7 Å². The average Bonchev–Trinajstić information content (AvgIpc) is 3.27. The molecule has 154 valence electrons. The lowest BCUT2D eigenvalue weighted by Gasteiger charge is -2.11. The Morgan fingerprint density at radius 3 is 2.58 bits per heavy atom. The lowest BCUT2D eigenvalue weighted by Crippen LogP contribution is -1.98. The van der Waals surface area contributed by atoms with Crippen LogP contribution in [0, 0.1) is 13.8 Å². The van der Waals surface area contributed by atoms with Gasteiger partial charge in [0, 0.05) is 35.3 Å². The van der Waals surface area contributed by atoms with Crippen molar-refractivity contribution in [1.82, 2.24) is 4.57 Å². The number of hydrogen-bond donors (Lipinski definition) is 0. The SMILES string of the molecule is Cc1ccc(COc2ccc3c(c2C)O/C(=C\c2cn(C)c4ccccc24)C3=O)cc1. The molecule has 1 aliphatic rings. The molecule has 0 saturated carbocycles. The topological polar surface area (TPSA) is 40.5 Å². The molecule has 3 aromatic carbocycles.